The molecule has 0 radical (unpaired) electrons. The molecule has 0 spiro atoms. The zero-order valence-corrected chi connectivity index (χ0v) is 20.9. The summed E-state index contributed by atoms with van der Waals surface area (Å²) in [7, 11) is 0. The first-order valence-corrected chi connectivity index (χ1v) is 12.9. The quantitative estimate of drug-likeness (QED) is 0.383. The smallest absolute Gasteiger partial charge is 0.218 e. The molecule has 1 aliphatic heterocycles. The molecule has 1 saturated carbocycles. The minimum Gasteiger partial charge on any atom is -0.370 e. The Morgan fingerprint density at radius 3 is 2.44 bits per heavy atom. The Balaban J connectivity index is 1.56. The Bertz CT molecular complexity index is 999. The van der Waals surface area contributed by atoms with Crippen molar-refractivity contribution in [3.8, 4) is 0 Å². The van der Waals surface area contributed by atoms with E-state index >= 15 is 0 Å². The zero-order chi connectivity index (χ0) is 23.9. The van der Waals surface area contributed by atoms with Crippen LogP contribution in [0, 0.1) is 0 Å². The largest absolute Gasteiger partial charge is 0.370 e. The van der Waals surface area contributed by atoms with Crippen molar-refractivity contribution in [1.82, 2.24) is 10.2 Å². The molecule has 2 aromatic rings. The lowest BCUT2D eigenvalue weighted by Gasteiger charge is -2.32. The lowest BCUT2D eigenvalue weighted by atomic mass is 9.88. The van der Waals surface area contributed by atoms with Gasteiger partial charge in [0.2, 0.25) is 5.91 Å². The number of hydrogen-bond acceptors (Lipinski definition) is 3. The number of amides is 1. The molecule has 2 aliphatic rings. The average molecular weight is 502 g/mol. The molecule has 34 heavy (non-hydrogen) atoms. The van der Waals surface area contributed by atoms with Crippen LogP contribution in [0.25, 0.3) is 0 Å². The minimum atomic E-state index is -0.376. The standard InChI is InChI=1S/C26H33Cl2N5O/c27-19-8-11-22(24(28)16-19)23(17-25(29)34)18-6-9-21(10-7-18)32-26(33-14-12-30-13-15-33)31-20-4-2-1-3-5-20/h6-11,16,20,23,30H,1-5,12-15,17H2,(H2,29,34)(H,31,32). The Morgan fingerprint density at radius 2 is 1.79 bits per heavy atom. The maximum atomic E-state index is 11.8. The van der Waals surface area contributed by atoms with E-state index < -0.39 is 0 Å². The topological polar surface area (TPSA) is 82.8 Å². The highest BCUT2D eigenvalue weighted by atomic mass is 35.5. The summed E-state index contributed by atoms with van der Waals surface area (Å²) >= 11 is 12.5. The van der Waals surface area contributed by atoms with Crippen LogP contribution in [-0.2, 0) is 4.79 Å². The van der Waals surface area contributed by atoms with E-state index in [-0.39, 0.29) is 18.2 Å². The predicted molar refractivity (Wildman–Crippen MR) is 141 cm³/mol. The number of nitrogens with one attached hydrogen (secondary N) is 2. The van der Waals surface area contributed by atoms with Crippen LogP contribution in [0.15, 0.2) is 47.5 Å². The number of hydrogen-bond donors (Lipinski definition) is 3. The summed E-state index contributed by atoms with van der Waals surface area (Å²) < 4.78 is 0. The van der Waals surface area contributed by atoms with Gasteiger partial charge in [-0.05, 0) is 48.2 Å². The molecule has 1 amide bonds. The number of aliphatic imine (C=N–C) groups is 1. The van der Waals surface area contributed by atoms with Gasteiger partial charge in [0.1, 0.15) is 0 Å². The van der Waals surface area contributed by atoms with Gasteiger partial charge in [0.25, 0.3) is 0 Å². The normalized spacial score (nSPS) is 18.5. The number of primary amides is 1. The maximum absolute atomic E-state index is 11.8. The number of carbonyl (C=O) groups is 1. The monoisotopic (exact) mass is 501 g/mol. The number of anilines is 1. The molecule has 0 bridgehead atoms. The minimum absolute atomic E-state index is 0.170. The Kier molecular flexibility index (Phi) is 8.70. The molecule has 1 unspecified atom stereocenters. The van der Waals surface area contributed by atoms with Gasteiger partial charge in [-0.2, -0.15) is 0 Å². The van der Waals surface area contributed by atoms with Gasteiger partial charge in [-0.25, -0.2) is 4.99 Å². The highest BCUT2D eigenvalue weighted by Gasteiger charge is 2.21. The third kappa shape index (κ3) is 6.65. The van der Waals surface area contributed by atoms with Gasteiger partial charge in [0.15, 0.2) is 5.96 Å². The summed E-state index contributed by atoms with van der Waals surface area (Å²) in [5.41, 5.74) is 8.35. The van der Waals surface area contributed by atoms with Gasteiger partial charge in [0, 0.05) is 54.3 Å². The summed E-state index contributed by atoms with van der Waals surface area (Å²) in [5.74, 6) is 0.342. The van der Waals surface area contributed by atoms with Gasteiger partial charge in [-0.3, -0.25) is 4.79 Å². The van der Waals surface area contributed by atoms with Gasteiger partial charge in [-0.15, -0.1) is 0 Å². The summed E-state index contributed by atoms with van der Waals surface area (Å²) in [6.07, 6.45) is 6.31. The van der Waals surface area contributed by atoms with E-state index in [2.05, 4.69) is 15.5 Å². The molecule has 6 nitrogen and oxygen atoms in total. The van der Waals surface area contributed by atoms with Crippen molar-refractivity contribution in [3.63, 3.8) is 0 Å². The summed E-state index contributed by atoms with van der Waals surface area (Å²) in [6, 6.07) is 13.9. The Hall–Kier alpha value is -2.28. The second-order valence-electron chi connectivity index (χ2n) is 9.12. The van der Waals surface area contributed by atoms with E-state index in [1.807, 2.05) is 30.3 Å². The molecule has 4 rings (SSSR count). The number of guanidine groups is 1. The number of piperazine rings is 1. The zero-order valence-electron chi connectivity index (χ0n) is 19.4. The maximum Gasteiger partial charge on any atom is 0.218 e. The number of nitrogens with zero attached hydrogens (tertiary/aromatic N) is 2. The summed E-state index contributed by atoms with van der Waals surface area (Å²) in [5, 5.41) is 8.08. The fraction of sp³-hybridized carbons (Fsp3) is 0.462. The number of benzene rings is 2. The highest BCUT2D eigenvalue weighted by Crippen LogP contribution is 2.35. The van der Waals surface area contributed by atoms with Crippen molar-refractivity contribution >= 4 is 40.8 Å². The lowest BCUT2D eigenvalue weighted by molar-refractivity contribution is -0.118. The molecule has 1 heterocycles. The molecular formula is C26H33Cl2N5O. The Labute approximate surface area is 211 Å². The average Bonchev–Trinajstić information content (AvgIpc) is 2.84. The summed E-state index contributed by atoms with van der Waals surface area (Å²) in [4.78, 5) is 19.3. The first-order chi connectivity index (χ1) is 16.5. The van der Waals surface area contributed by atoms with E-state index in [1.165, 1.54) is 19.3 Å². The van der Waals surface area contributed by atoms with Crippen molar-refractivity contribution in [2.45, 2.75) is 50.5 Å². The molecule has 1 aliphatic carbocycles. The van der Waals surface area contributed by atoms with Gasteiger partial charge < -0.3 is 21.3 Å². The van der Waals surface area contributed by atoms with Crippen LogP contribution < -0.4 is 16.4 Å². The molecule has 4 N–H and O–H groups in total. The number of halogens is 2. The van der Waals surface area contributed by atoms with Crippen LogP contribution in [0.1, 0.15) is 55.6 Å². The van der Waals surface area contributed by atoms with E-state index in [0.717, 1.165) is 61.8 Å². The third-order valence-electron chi connectivity index (χ3n) is 6.61. The Morgan fingerprint density at radius 1 is 1.09 bits per heavy atom. The fourth-order valence-corrected chi connectivity index (χ4v) is 5.31. The molecule has 2 aromatic carbocycles. The second-order valence-corrected chi connectivity index (χ2v) is 9.96. The molecule has 0 aromatic heterocycles. The van der Waals surface area contributed by atoms with E-state index in [4.69, 9.17) is 33.9 Å². The van der Waals surface area contributed by atoms with Crippen LogP contribution in [0.5, 0.6) is 0 Å². The fourth-order valence-electron chi connectivity index (χ4n) is 4.77. The lowest BCUT2D eigenvalue weighted by Crippen LogP contribution is -2.49. The van der Waals surface area contributed by atoms with Crippen molar-refractivity contribution < 1.29 is 4.79 Å². The second kappa shape index (κ2) is 11.9. The molecule has 1 saturated heterocycles. The van der Waals surface area contributed by atoms with Gasteiger partial charge in [-0.1, -0.05) is 60.7 Å². The molecule has 2 fully saturated rings. The van der Waals surface area contributed by atoms with Crippen LogP contribution in [0.2, 0.25) is 10.0 Å². The molecule has 1 atom stereocenters. The van der Waals surface area contributed by atoms with E-state index in [0.29, 0.717) is 16.1 Å². The first kappa shape index (κ1) is 24.8. The van der Waals surface area contributed by atoms with Crippen molar-refractivity contribution in [2.24, 2.45) is 10.7 Å². The number of carbonyl (C=O) groups excluding carboxylic acids is 1. The molecule has 182 valence electrons. The van der Waals surface area contributed by atoms with Crippen LogP contribution >= 0.6 is 23.2 Å². The van der Waals surface area contributed by atoms with E-state index in [1.54, 1.807) is 12.1 Å². The van der Waals surface area contributed by atoms with Crippen molar-refractivity contribution in [1.29, 1.82) is 0 Å². The molecular weight excluding hydrogens is 469 g/mol. The highest BCUT2D eigenvalue weighted by molar-refractivity contribution is 6.35. The SMILES string of the molecule is NC(=O)CC(c1ccc(N/C(=N/C2CCCCC2)N2CCNCC2)cc1)c1ccc(Cl)cc1Cl. The summed E-state index contributed by atoms with van der Waals surface area (Å²) in [6.45, 7) is 3.79. The van der Waals surface area contributed by atoms with Crippen LogP contribution in [0.4, 0.5) is 5.69 Å². The molecule has 8 heteroatoms. The number of nitrogens with two attached hydrogens (primary N) is 1. The van der Waals surface area contributed by atoms with Crippen LogP contribution in [-0.4, -0.2) is 49.0 Å². The van der Waals surface area contributed by atoms with Crippen molar-refractivity contribution in [2.75, 3.05) is 31.5 Å². The predicted octanol–water partition coefficient (Wildman–Crippen LogP) is 5.01. The van der Waals surface area contributed by atoms with Gasteiger partial charge >= 0.3 is 0 Å². The van der Waals surface area contributed by atoms with Crippen molar-refractivity contribution in [3.05, 3.63) is 63.6 Å². The number of rotatable bonds is 6. The van der Waals surface area contributed by atoms with E-state index in [9.17, 15) is 4.79 Å². The van der Waals surface area contributed by atoms with Crippen LogP contribution in [0.3, 0.4) is 0 Å². The first-order valence-electron chi connectivity index (χ1n) is 12.1. The van der Waals surface area contributed by atoms with Gasteiger partial charge in [0.05, 0.1) is 6.04 Å². The third-order valence-corrected chi connectivity index (χ3v) is 7.17.